The number of aromatic nitrogens is 2. The molecule has 3 nitrogen and oxygen atoms in total. The molecule has 1 rings (SSSR count). The lowest BCUT2D eigenvalue weighted by molar-refractivity contribution is 0.775. The summed E-state index contributed by atoms with van der Waals surface area (Å²) in [6, 6.07) is 0. The molecular weight excluding hydrogens is 242 g/mol. The highest BCUT2D eigenvalue weighted by molar-refractivity contribution is 7.99. The molecule has 0 radical (unpaired) electrons. The van der Waals surface area contributed by atoms with Gasteiger partial charge in [0.05, 0.1) is 0 Å². The molecule has 1 aromatic rings. The first-order valence-corrected chi connectivity index (χ1v) is 7.89. The molecular formula is C14H25N3S. The molecule has 0 spiro atoms. The molecule has 0 unspecified atom stereocenters. The van der Waals surface area contributed by atoms with Crippen molar-refractivity contribution >= 4 is 17.6 Å². The van der Waals surface area contributed by atoms with Crippen molar-refractivity contribution in [3.63, 3.8) is 0 Å². The van der Waals surface area contributed by atoms with Crippen LogP contribution in [0.3, 0.4) is 0 Å². The van der Waals surface area contributed by atoms with E-state index in [1.54, 1.807) is 0 Å². The predicted octanol–water partition coefficient (Wildman–Crippen LogP) is 4.06. The molecule has 0 amide bonds. The van der Waals surface area contributed by atoms with Crippen molar-refractivity contribution in [2.24, 2.45) is 0 Å². The van der Waals surface area contributed by atoms with E-state index in [1.165, 1.54) is 24.8 Å². The monoisotopic (exact) mass is 267 g/mol. The number of hydrogen-bond donors (Lipinski definition) is 1. The fourth-order valence-corrected chi connectivity index (χ4v) is 2.81. The van der Waals surface area contributed by atoms with E-state index >= 15 is 0 Å². The van der Waals surface area contributed by atoms with Crippen LogP contribution in [0.15, 0.2) is 5.03 Å². The average molecular weight is 267 g/mol. The average Bonchev–Trinajstić information content (AvgIpc) is 2.38. The summed E-state index contributed by atoms with van der Waals surface area (Å²) in [5.74, 6) is 3.09. The van der Waals surface area contributed by atoms with Crippen LogP contribution in [0.2, 0.25) is 0 Å². The molecule has 0 atom stereocenters. The maximum atomic E-state index is 4.68. The predicted molar refractivity (Wildman–Crippen MR) is 80.6 cm³/mol. The second-order valence-corrected chi connectivity index (χ2v) is 5.56. The van der Waals surface area contributed by atoms with E-state index in [9.17, 15) is 0 Å². The molecule has 0 aliphatic carbocycles. The number of nitrogens with zero attached hydrogens (tertiary/aromatic N) is 2. The Balaban J connectivity index is 2.77. The van der Waals surface area contributed by atoms with Crippen molar-refractivity contribution in [3.8, 4) is 0 Å². The molecule has 18 heavy (non-hydrogen) atoms. The minimum Gasteiger partial charge on any atom is -0.373 e. The molecule has 0 aliphatic heterocycles. The molecule has 102 valence electrons. The van der Waals surface area contributed by atoms with Gasteiger partial charge < -0.3 is 5.32 Å². The highest BCUT2D eigenvalue weighted by Crippen LogP contribution is 2.26. The molecule has 0 saturated carbocycles. The third-order valence-corrected chi connectivity index (χ3v) is 4.01. The van der Waals surface area contributed by atoms with Gasteiger partial charge in [0.2, 0.25) is 0 Å². The Morgan fingerprint density at radius 2 is 1.89 bits per heavy atom. The van der Waals surface area contributed by atoms with Crippen molar-refractivity contribution in [1.82, 2.24) is 9.97 Å². The van der Waals surface area contributed by atoms with Gasteiger partial charge in [-0.1, -0.05) is 26.7 Å². The van der Waals surface area contributed by atoms with Crippen molar-refractivity contribution in [1.29, 1.82) is 0 Å². The van der Waals surface area contributed by atoms with Gasteiger partial charge in [0.1, 0.15) is 16.7 Å². The largest absolute Gasteiger partial charge is 0.373 e. The van der Waals surface area contributed by atoms with Crippen LogP contribution in [-0.4, -0.2) is 22.8 Å². The van der Waals surface area contributed by atoms with E-state index in [2.05, 4.69) is 36.1 Å². The van der Waals surface area contributed by atoms with Gasteiger partial charge in [0.25, 0.3) is 0 Å². The summed E-state index contributed by atoms with van der Waals surface area (Å²) in [5, 5.41) is 4.32. The van der Waals surface area contributed by atoms with Crippen LogP contribution < -0.4 is 5.32 Å². The maximum Gasteiger partial charge on any atom is 0.133 e. The van der Waals surface area contributed by atoms with Crippen LogP contribution in [0.1, 0.15) is 50.9 Å². The summed E-state index contributed by atoms with van der Waals surface area (Å²) in [6.07, 6.45) is 5.89. The molecule has 0 aliphatic rings. The van der Waals surface area contributed by atoms with Gasteiger partial charge in [-0.15, -0.1) is 11.8 Å². The van der Waals surface area contributed by atoms with Gasteiger partial charge >= 0.3 is 0 Å². The molecule has 0 bridgehead atoms. The van der Waals surface area contributed by atoms with E-state index in [0.29, 0.717) is 0 Å². The van der Waals surface area contributed by atoms with E-state index in [1.807, 2.05) is 18.8 Å². The lowest BCUT2D eigenvalue weighted by Crippen LogP contribution is -2.05. The summed E-state index contributed by atoms with van der Waals surface area (Å²) in [5.41, 5.74) is 1.18. The number of nitrogens with one attached hydrogen (secondary N) is 1. The summed E-state index contributed by atoms with van der Waals surface area (Å²) in [7, 11) is 1.93. The highest BCUT2D eigenvalue weighted by atomic mass is 32.2. The highest BCUT2D eigenvalue weighted by Gasteiger charge is 2.09. The number of thioether (sulfide) groups is 1. The zero-order valence-electron chi connectivity index (χ0n) is 12.0. The maximum absolute atomic E-state index is 4.68. The van der Waals surface area contributed by atoms with Gasteiger partial charge in [0.15, 0.2) is 0 Å². The lowest BCUT2D eigenvalue weighted by Gasteiger charge is -2.11. The summed E-state index contributed by atoms with van der Waals surface area (Å²) >= 11 is 1.87. The molecule has 1 N–H and O–H groups in total. The van der Waals surface area contributed by atoms with Gasteiger partial charge in [-0.3, -0.25) is 0 Å². The van der Waals surface area contributed by atoms with Crippen molar-refractivity contribution in [2.75, 3.05) is 18.1 Å². The Bertz CT molecular complexity index is 366. The van der Waals surface area contributed by atoms with E-state index < -0.39 is 0 Å². The molecule has 4 heteroatoms. The topological polar surface area (TPSA) is 37.8 Å². The molecule has 0 saturated heterocycles. The third-order valence-electron chi connectivity index (χ3n) is 2.84. The minimum absolute atomic E-state index is 0.956. The molecule has 1 aromatic heterocycles. The number of aryl methyl sites for hydroxylation is 1. The third kappa shape index (κ3) is 4.48. The fraction of sp³-hybridized carbons (Fsp3) is 0.714. The number of hydrogen-bond acceptors (Lipinski definition) is 4. The van der Waals surface area contributed by atoms with Crippen molar-refractivity contribution in [3.05, 3.63) is 11.4 Å². The summed E-state index contributed by atoms with van der Waals surface area (Å²) in [6.45, 7) is 6.50. The first kappa shape index (κ1) is 15.3. The first-order chi connectivity index (χ1) is 8.72. The molecule has 0 fully saturated rings. The Morgan fingerprint density at radius 1 is 1.11 bits per heavy atom. The fourth-order valence-electron chi connectivity index (χ4n) is 1.78. The van der Waals surface area contributed by atoms with Crippen LogP contribution in [0, 0.1) is 6.92 Å². The van der Waals surface area contributed by atoms with Crippen molar-refractivity contribution in [2.45, 2.75) is 57.9 Å². The second-order valence-electron chi connectivity index (χ2n) is 4.47. The van der Waals surface area contributed by atoms with Crippen LogP contribution in [0.5, 0.6) is 0 Å². The lowest BCUT2D eigenvalue weighted by atomic mass is 10.3. The second kappa shape index (κ2) is 8.35. The number of anilines is 1. The van der Waals surface area contributed by atoms with Crippen LogP contribution in [0.4, 0.5) is 5.82 Å². The Labute approximate surface area is 115 Å². The molecule has 1 heterocycles. The number of rotatable bonds is 8. The van der Waals surface area contributed by atoms with Gasteiger partial charge in [0, 0.05) is 19.0 Å². The van der Waals surface area contributed by atoms with Crippen molar-refractivity contribution < 1.29 is 0 Å². The van der Waals surface area contributed by atoms with E-state index in [-0.39, 0.29) is 0 Å². The van der Waals surface area contributed by atoms with E-state index in [4.69, 9.17) is 0 Å². The smallest absolute Gasteiger partial charge is 0.133 e. The summed E-state index contributed by atoms with van der Waals surface area (Å²) in [4.78, 5) is 9.23. The Morgan fingerprint density at radius 3 is 2.50 bits per heavy atom. The molecule has 0 aromatic carbocycles. The summed E-state index contributed by atoms with van der Waals surface area (Å²) < 4.78 is 0. The zero-order chi connectivity index (χ0) is 13.4. The van der Waals surface area contributed by atoms with Gasteiger partial charge in [-0.05, 0) is 25.5 Å². The standard InChI is InChI=1S/C14H25N3S/c1-5-7-8-10-18-14-11(3)13(15-4)16-12(17-14)9-6-2/h5-10H2,1-4H3,(H,15,16,17). The van der Waals surface area contributed by atoms with Crippen LogP contribution >= 0.6 is 11.8 Å². The zero-order valence-corrected chi connectivity index (χ0v) is 12.9. The number of unbranched alkanes of at least 4 members (excludes halogenated alkanes) is 2. The van der Waals surface area contributed by atoms with E-state index in [0.717, 1.165) is 35.3 Å². The first-order valence-electron chi connectivity index (χ1n) is 6.90. The Kier molecular flexibility index (Phi) is 7.09. The van der Waals surface area contributed by atoms with Gasteiger partial charge in [-0.25, -0.2) is 9.97 Å². The Hall–Kier alpha value is -0.770. The van der Waals surface area contributed by atoms with Crippen LogP contribution in [-0.2, 0) is 6.42 Å². The SMILES string of the molecule is CCCCCSc1nc(CCC)nc(NC)c1C. The van der Waals surface area contributed by atoms with Gasteiger partial charge in [-0.2, -0.15) is 0 Å². The quantitative estimate of drug-likeness (QED) is 0.438. The van der Waals surface area contributed by atoms with Crippen LogP contribution in [0.25, 0.3) is 0 Å². The minimum atomic E-state index is 0.956. The normalized spacial score (nSPS) is 10.7.